The number of aryl methyl sites for hydroxylation is 2. The first-order valence-corrected chi connectivity index (χ1v) is 14.7. The fourth-order valence-electron chi connectivity index (χ4n) is 5.88. The zero-order valence-corrected chi connectivity index (χ0v) is 26.5. The molecule has 0 aliphatic rings. The van der Waals surface area contributed by atoms with Crippen LogP contribution in [0.25, 0.3) is 33.3 Å². The maximum Gasteiger partial charge on any atom is 0.287 e. The summed E-state index contributed by atoms with van der Waals surface area (Å²) in [4.78, 5) is 4.85. The second kappa shape index (κ2) is 10.9. The normalized spacial score (nSPS) is 12.4. The number of hydrogen-bond donors (Lipinski definition) is 0. The van der Waals surface area contributed by atoms with Crippen molar-refractivity contribution in [1.82, 2.24) is 4.98 Å². The molecule has 0 spiro atoms. The number of fused-ring (bicyclic) bond motifs is 1. The van der Waals surface area contributed by atoms with E-state index in [4.69, 9.17) is 4.98 Å². The summed E-state index contributed by atoms with van der Waals surface area (Å²) in [6.45, 7) is 25.4. The second-order valence-corrected chi connectivity index (χ2v) is 13.8. The number of benzene rings is 3. The van der Waals surface area contributed by atoms with Crippen molar-refractivity contribution in [3.05, 3.63) is 82.2 Å². The Balaban J connectivity index is 2.01. The van der Waals surface area contributed by atoms with Crippen molar-refractivity contribution in [3.8, 4) is 22.4 Å². The lowest BCUT2D eigenvalue weighted by Crippen LogP contribution is -2.32. The highest BCUT2D eigenvalue weighted by Gasteiger charge is 2.23. The lowest BCUT2D eigenvalue weighted by molar-refractivity contribution is -0.662. The molecule has 4 rings (SSSR count). The van der Waals surface area contributed by atoms with Crippen LogP contribution in [0.2, 0.25) is 0 Å². The van der Waals surface area contributed by atoms with Gasteiger partial charge in [-0.25, -0.2) is 4.57 Å². The third-order valence-corrected chi connectivity index (χ3v) is 8.12. The molecule has 0 aliphatic heterocycles. The van der Waals surface area contributed by atoms with Crippen molar-refractivity contribution in [1.29, 1.82) is 0 Å². The van der Waals surface area contributed by atoms with Crippen LogP contribution in [-0.2, 0) is 13.5 Å². The minimum Gasteiger partial charge on any atom is -0.232 e. The average Bonchev–Trinajstić information content (AvgIpc) is 2.84. The van der Waals surface area contributed by atoms with E-state index < -0.39 is 0 Å². The Morgan fingerprint density at radius 2 is 1.41 bits per heavy atom. The predicted octanol–water partition coefficient (Wildman–Crippen LogP) is 9.97. The molecule has 206 valence electrons. The van der Waals surface area contributed by atoms with Crippen LogP contribution in [0.4, 0.5) is 0 Å². The molecule has 0 bridgehead atoms. The van der Waals surface area contributed by atoms with E-state index >= 15 is 0 Å². The highest BCUT2D eigenvalue weighted by molar-refractivity contribution is 5.93. The van der Waals surface area contributed by atoms with Gasteiger partial charge in [-0.1, -0.05) is 86.6 Å². The Morgan fingerprint density at radius 1 is 0.795 bits per heavy atom. The topological polar surface area (TPSA) is 16.8 Å². The molecule has 0 saturated carbocycles. The van der Waals surface area contributed by atoms with Crippen molar-refractivity contribution in [2.75, 3.05) is 0 Å². The minimum atomic E-state index is 0.241. The third kappa shape index (κ3) is 5.96. The molecule has 39 heavy (non-hydrogen) atoms. The summed E-state index contributed by atoms with van der Waals surface area (Å²) >= 11 is 0. The SMILES string of the molecule is Cc1cc(-c2c(C(C)C)cc(C(C)C)cc2C(C)C)cc(-c2c3ccc(CC(C)(C)C)cc3nc[n+]2C)c1C. The Kier molecular flexibility index (Phi) is 8.08. The molecule has 0 fully saturated rings. The molecule has 0 aliphatic carbocycles. The van der Waals surface area contributed by atoms with Crippen molar-refractivity contribution >= 4 is 10.9 Å². The number of aromatic nitrogens is 2. The predicted molar refractivity (Wildman–Crippen MR) is 169 cm³/mol. The summed E-state index contributed by atoms with van der Waals surface area (Å²) in [5.41, 5.74) is 14.9. The standard InChI is InChI=1S/C37H49N2/c1-22(2)28-17-31(23(3)4)35(32(18-28)24(5)6)29-15-25(7)26(8)33(19-29)36-30-14-13-27(20-37(9,10)11)16-34(30)38-21-39(36)12/h13-19,21-24H,20H2,1-12H3/q+1. The van der Waals surface area contributed by atoms with Gasteiger partial charge >= 0.3 is 0 Å². The van der Waals surface area contributed by atoms with Crippen molar-refractivity contribution in [3.63, 3.8) is 0 Å². The van der Waals surface area contributed by atoms with Crippen molar-refractivity contribution in [2.24, 2.45) is 12.5 Å². The number of nitrogens with zero attached hydrogens (tertiary/aromatic N) is 2. The molecule has 1 heterocycles. The molecule has 4 aromatic rings. The molecule has 0 atom stereocenters. The van der Waals surface area contributed by atoms with Crippen LogP contribution in [-0.4, -0.2) is 4.98 Å². The monoisotopic (exact) mass is 521 g/mol. The van der Waals surface area contributed by atoms with Gasteiger partial charge in [0.15, 0.2) is 5.52 Å². The van der Waals surface area contributed by atoms with Gasteiger partial charge in [-0.15, -0.1) is 0 Å². The molecule has 0 unspecified atom stereocenters. The van der Waals surface area contributed by atoms with Gasteiger partial charge < -0.3 is 0 Å². The maximum atomic E-state index is 4.85. The van der Waals surface area contributed by atoms with E-state index in [1.807, 2.05) is 6.33 Å². The van der Waals surface area contributed by atoms with Gasteiger partial charge in [0.05, 0.1) is 12.4 Å². The summed E-state index contributed by atoms with van der Waals surface area (Å²) in [6.07, 6.45) is 3.02. The van der Waals surface area contributed by atoms with Gasteiger partial charge in [-0.05, 0) is 111 Å². The molecular formula is C37H49N2+. The van der Waals surface area contributed by atoms with Gasteiger partial charge in [0.1, 0.15) is 5.69 Å². The maximum absolute atomic E-state index is 4.85. The highest BCUT2D eigenvalue weighted by atomic mass is 15.0. The van der Waals surface area contributed by atoms with Crippen molar-refractivity contribution in [2.45, 2.75) is 100 Å². The number of rotatable bonds is 6. The molecule has 0 saturated heterocycles. The first-order valence-electron chi connectivity index (χ1n) is 14.7. The summed E-state index contributed by atoms with van der Waals surface area (Å²) in [5, 5.41) is 1.21. The zero-order chi connectivity index (χ0) is 28.8. The van der Waals surface area contributed by atoms with E-state index in [2.05, 4.69) is 130 Å². The van der Waals surface area contributed by atoms with E-state index in [0.717, 1.165) is 11.9 Å². The minimum absolute atomic E-state index is 0.241. The second-order valence-electron chi connectivity index (χ2n) is 13.8. The van der Waals surface area contributed by atoms with Gasteiger partial charge in [0, 0.05) is 5.56 Å². The van der Waals surface area contributed by atoms with E-state index in [-0.39, 0.29) is 5.41 Å². The molecular weight excluding hydrogens is 472 g/mol. The summed E-state index contributed by atoms with van der Waals surface area (Å²) < 4.78 is 2.20. The molecule has 3 aromatic carbocycles. The summed E-state index contributed by atoms with van der Waals surface area (Å²) in [7, 11) is 2.13. The average molecular weight is 522 g/mol. The van der Waals surface area contributed by atoms with Crippen LogP contribution < -0.4 is 4.57 Å². The number of hydrogen-bond acceptors (Lipinski definition) is 1. The molecule has 1 aromatic heterocycles. The lowest BCUT2D eigenvalue weighted by Gasteiger charge is -2.24. The Labute approximate surface area is 237 Å². The largest absolute Gasteiger partial charge is 0.287 e. The molecule has 0 radical (unpaired) electrons. The van der Waals surface area contributed by atoms with Crippen LogP contribution in [0.5, 0.6) is 0 Å². The van der Waals surface area contributed by atoms with Crippen LogP contribution in [0.1, 0.15) is 113 Å². The summed E-state index contributed by atoms with van der Waals surface area (Å²) in [6, 6.07) is 16.6. The van der Waals surface area contributed by atoms with Crippen molar-refractivity contribution < 1.29 is 4.57 Å². The third-order valence-electron chi connectivity index (χ3n) is 8.12. The van der Waals surface area contributed by atoms with E-state index in [0.29, 0.717) is 17.8 Å². The molecule has 2 heteroatoms. The fraction of sp³-hybridized carbons (Fsp3) is 0.459. The van der Waals surface area contributed by atoms with Gasteiger partial charge in [0.2, 0.25) is 0 Å². The molecule has 0 amide bonds. The highest BCUT2D eigenvalue weighted by Crippen LogP contribution is 2.41. The van der Waals surface area contributed by atoms with Gasteiger partial charge in [0.25, 0.3) is 6.33 Å². The first kappa shape index (κ1) is 29.0. The van der Waals surface area contributed by atoms with E-state index in [1.165, 1.54) is 61.2 Å². The smallest absolute Gasteiger partial charge is 0.232 e. The quantitative estimate of drug-likeness (QED) is 0.231. The lowest BCUT2D eigenvalue weighted by atomic mass is 9.80. The summed E-state index contributed by atoms with van der Waals surface area (Å²) in [5.74, 6) is 1.40. The van der Waals surface area contributed by atoms with E-state index in [1.54, 1.807) is 0 Å². The first-order chi connectivity index (χ1) is 18.2. The van der Waals surface area contributed by atoms with Crippen LogP contribution in [0, 0.1) is 19.3 Å². The Bertz CT molecular complexity index is 1480. The van der Waals surface area contributed by atoms with Crippen LogP contribution in [0.15, 0.2) is 48.8 Å². The van der Waals surface area contributed by atoms with Crippen LogP contribution in [0.3, 0.4) is 0 Å². The molecule has 2 nitrogen and oxygen atoms in total. The molecule has 0 N–H and O–H groups in total. The zero-order valence-electron chi connectivity index (χ0n) is 26.5. The fourth-order valence-corrected chi connectivity index (χ4v) is 5.88. The van der Waals surface area contributed by atoms with E-state index in [9.17, 15) is 0 Å². The Morgan fingerprint density at radius 3 is 1.95 bits per heavy atom. The van der Waals surface area contributed by atoms with Gasteiger partial charge in [-0.3, -0.25) is 0 Å². The van der Waals surface area contributed by atoms with Crippen LogP contribution >= 0.6 is 0 Å². The Hall–Kier alpha value is -3.00. The van der Waals surface area contributed by atoms with Gasteiger partial charge in [-0.2, -0.15) is 0 Å².